The van der Waals surface area contributed by atoms with Crippen LogP contribution in [-0.4, -0.2) is 0 Å². The molecule has 11 aromatic carbocycles. The van der Waals surface area contributed by atoms with Gasteiger partial charge in [-0.25, -0.2) is 0 Å². The summed E-state index contributed by atoms with van der Waals surface area (Å²) >= 11 is 0. The molecule has 0 aliphatic heterocycles. The average Bonchev–Trinajstić information content (AvgIpc) is 4.54. The molecule has 0 bridgehead atoms. The Morgan fingerprint density at radius 3 is 1.31 bits per heavy atom. The molecule has 4 heteroatoms. The molecule has 3 aliphatic rings. The van der Waals surface area contributed by atoms with E-state index in [1.54, 1.807) is 0 Å². The maximum atomic E-state index is 7.34. The summed E-state index contributed by atoms with van der Waals surface area (Å²) in [5.41, 5.74) is 21.9. The summed E-state index contributed by atoms with van der Waals surface area (Å²) in [6, 6.07) is 86.5. The first kappa shape index (κ1) is 47.8. The molecule has 0 atom stereocenters. The Kier molecular flexibility index (Phi) is 11.2. The van der Waals surface area contributed by atoms with Crippen molar-refractivity contribution in [1.82, 2.24) is 0 Å². The van der Waals surface area contributed by atoms with Crippen LogP contribution in [0, 0.1) is 13.8 Å². The molecule has 0 spiro atoms. The lowest BCUT2D eigenvalue weighted by Crippen LogP contribution is -2.29. The quantitative estimate of drug-likeness (QED) is 0.137. The van der Waals surface area contributed by atoms with Gasteiger partial charge in [0.25, 0.3) is 0 Å². The highest BCUT2D eigenvalue weighted by molar-refractivity contribution is 6.16. The van der Waals surface area contributed by atoms with Crippen LogP contribution in [0.5, 0.6) is 0 Å². The van der Waals surface area contributed by atoms with Gasteiger partial charge in [-0.1, -0.05) is 213 Å². The molecule has 16 rings (SSSR count). The van der Waals surface area contributed by atoms with Crippen molar-refractivity contribution in [2.75, 3.05) is 9.80 Å². The summed E-state index contributed by atoms with van der Waals surface area (Å²) in [5.74, 6) is 1.03. The molecule has 2 heterocycles. The third-order valence-electron chi connectivity index (χ3n) is 18.7. The second-order valence-electron chi connectivity index (χ2n) is 23.3. The molecule has 81 heavy (non-hydrogen) atoms. The van der Waals surface area contributed by atoms with Crippen molar-refractivity contribution in [2.45, 2.75) is 82.5 Å². The van der Waals surface area contributed by atoms with Gasteiger partial charge in [-0.2, -0.15) is 0 Å². The fourth-order valence-corrected chi connectivity index (χ4v) is 15.0. The third-order valence-corrected chi connectivity index (χ3v) is 18.7. The van der Waals surface area contributed by atoms with Crippen LogP contribution in [0.25, 0.3) is 65.8 Å². The first-order chi connectivity index (χ1) is 40.0. The Labute approximate surface area is 473 Å². The average molecular weight is 1050 g/mol. The smallest absolute Gasteiger partial charge is 0.159 e. The molecule has 13 aromatic rings. The SMILES string of the molecule is Cc1ccc(N(c2ccc3c(c2)C(c2ccccc2)(c2ccccc2)c2cc(N(c4ccc(C)cc4)c4cccc5c4oc4c(C6CCCC6)cccc45)c4ccccc4c2-3)c2cccc3c2oc2c(C4CCCC4)cccc23)cc1. The van der Waals surface area contributed by atoms with Crippen molar-refractivity contribution in [3.8, 4) is 11.1 Å². The van der Waals surface area contributed by atoms with Gasteiger partial charge >= 0.3 is 0 Å². The predicted octanol–water partition coefficient (Wildman–Crippen LogP) is 21.9. The molecular formula is C77H62N2O2. The van der Waals surface area contributed by atoms with Crippen LogP contribution in [0.3, 0.4) is 0 Å². The minimum absolute atomic E-state index is 0.509. The minimum Gasteiger partial charge on any atom is -0.454 e. The molecule has 2 fully saturated rings. The summed E-state index contributed by atoms with van der Waals surface area (Å²) in [4.78, 5) is 4.93. The van der Waals surface area contributed by atoms with E-state index in [4.69, 9.17) is 8.83 Å². The maximum absolute atomic E-state index is 7.34. The van der Waals surface area contributed by atoms with Crippen LogP contribution < -0.4 is 9.80 Å². The Morgan fingerprint density at radius 2 is 0.778 bits per heavy atom. The largest absolute Gasteiger partial charge is 0.454 e. The Bertz CT molecular complexity index is 4520. The fourth-order valence-electron chi connectivity index (χ4n) is 15.0. The molecular weight excluding hydrogens is 985 g/mol. The number of anilines is 6. The number of para-hydroxylation sites is 4. The molecule has 0 radical (unpaired) electrons. The van der Waals surface area contributed by atoms with Crippen molar-refractivity contribution in [2.24, 2.45) is 0 Å². The van der Waals surface area contributed by atoms with E-state index >= 15 is 0 Å². The number of fused-ring (bicyclic) bond motifs is 11. The van der Waals surface area contributed by atoms with Gasteiger partial charge in [-0.3, -0.25) is 0 Å². The summed E-state index contributed by atoms with van der Waals surface area (Å²) in [6.07, 6.45) is 9.90. The zero-order valence-electron chi connectivity index (χ0n) is 46.0. The molecule has 0 unspecified atom stereocenters. The number of benzene rings is 11. The number of furan rings is 2. The summed E-state index contributed by atoms with van der Waals surface area (Å²) < 4.78 is 14.6. The van der Waals surface area contributed by atoms with Gasteiger partial charge in [0.2, 0.25) is 0 Å². The zero-order chi connectivity index (χ0) is 53.8. The van der Waals surface area contributed by atoms with E-state index in [-0.39, 0.29) is 0 Å². The van der Waals surface area contributed by atoms with Crippen molar-refractivity contribution >= 4 is 88.8 Å². The first-order valence-corrected chi connectivity index (χ1v) is 29.5. The number of aryl methyl sites for hydroxylation is 2. The first-order valence-electron chi connectivity index (χ1n) is 29.5. The minimum atomic E-state index is -0.761. The lowest BCUT2D eigenvalue weighted by molar-refractivity contribution is 0.643. The van der Waals surface area contributed by atoms with E-state index in [9.17, 15) is 0 Å². The monoisotopic (exact) mass is 1050 g/mol. The number of hydrogen-bond donors (Lipinski definition) is 0. The van der Waals surface area contributed by atoms with Gasteiger partial charge < -0.3 is 18.6 Å². The molecule has 0 saturated heterocycles. The van der Waals surface area contributed by atoms with Crippen molar-refractivity contribution in [1.29, 1.82) is 0 Å². The molecule has 0 amide bonds. The van der Waals surface area contributed by atoms with Gasteiger partial charge in [-0.05, 0) is 156 Å². The van der Waals surface area contributed by atoms with Crippen LogP contribution in [0.1, 0.15) is 108 Å². The summed E-state index contributed by atoms with van der Waals surface area (Å²) in [6.45, 7) is 4.34. The maximum Gasteiger partial charge on any atom is 0.159 e. The molecule has 0 N–H and O–H groups in total. The second-order valence-corrected chi connectivity index (χ2v) is 23.3. The standard InChI is InChI=1S/C77H62N2O2/c1-49-37-41-55(42-38-49)78(69-35-17-33-64-62-31-15-29-58(51-19-9-10-20-51)73(62)80-75(64)69)57-45-46-66-67(47-57)77(53-23-5-3-6-24-53,54-25-7-4-8-26-54)68-48-71(60-27-13-14-28-61(60)72(66)68)79(56-43-39-50(2)40-44-56)70-36-18-34-65-63-32-16-30-59(52-21-11-12-22-52)74(63)81-76(65)70/h3-8,13-18,23-48,51-52H,9-12,19-22H2,1-2H3. The van der Waals surface area contributed by atoms with E-state index in [2.05, 4.69) is 254 Å². The van der Waals surface area contributed by atoms with Gasteiger partial charge in [-0.15, -0.1) is 0 Å². The number of rotatable bonds is 10. The highest BCUT2D eigenvalue weighted by Crippen LogP contribution is 2.61. The highest BCUT2D eigenvalue weighted by Gasteiger charge is 2.48. The van der Waals surface area contributed by atoms with E-state index in [0.717, 1.165) is 67.2 Å². The Morgan fingerprint density at radius 1 is 0.346 bits per heavy atom. The summed E-state index contributed by atoms with van der Waals surface area (Å²) in [5, 5.41) is 7.01. The van der Waals surface area contributed by atoms with Gasteiger partial charge in [0.05, 0.1) is 22.5 Å². The second kappa shape index (κ2) is 19.0. The number of nitrogens with zero attached hydrogens (tertiary/aromatic N) is 2. The van der Waals surface area contributed by atoms with Gasteiger partial charge in [0.15, 0.2) is 11.2 Å². The van der Waals surface area contributed by atoms with E-state index in [0.29, 0.717) is 11.8 Å². The van der Waals surface area contributed by atoms with E-state index < -0.39 is 5.41 Å². The molecule has 2 saturated carbocycles. The Hall–Kier alpha value is -9.12. The topological polar surface area (TPSA) is 32.8 Å². The van der Waals surface area contributed by atoms with Crippen LogP contribution in [-0.2, 0) is 5.41 Å². The van der Waals surface area contributed by atoms with Crippen molar-refractivity contribution in [3.05, 3.63) is 275 Å². The van der Waals surface area contributed by atoms with Crippen LogP contribution in [0.4, 0.5) is 34.1 Å². The molecule has 2 aromatic heterocycles. The Balaban J connectivity index is 0.974. The highest BCUT2D eigenvalue weighted by atomic mass is 16.3. The van der Waals surface area contributed by atoms with Gasteiger partial charge in [0.1, 0.15) is 11.2 Å². The van der Waals surface area contributed by atoms with E-state index in [1.807, 2.05) is 0 Å². The molecule has 4 nitrogen and oxygen atoms in total. The normalized spacial score (nSPS) is 15.1. The zero-order valence-corrected chi connectivity index (χ0v) is 46.0. The van der Waals surface area contributed by atoms with Crippen LogP contribution >= 0.6 is 0 Å². The fraction of sp³-hybridized carbons (Fsp3) is 0.169. The summed E-state index contributed by atoms with van der Waals surface area (Å²) in [7, 11) is 0. The third kappa shape index (κ3) is 7.42. The van der Waals surface area contributed by atoms with Crippen LogP contribution in [0.15, 0.2) is 239 Å². The number of hydrogen-bond acceptors (Lipinski definition) is 4. The lowest BCUT2D eigenvalue weighted by atomic mass is 9.67. The van der Waals surface area contributed by atoms with Crippen molar-refractivity contribution < 1.29 is 8.83 Å². The van der Waals surface area contributed by atoms with Crippen LogP contribution in [0.2, 0.25) is 0 Å². The lowest BCUT2D eigenvalue weighted by Gasteiger charge is -2.36. The predicted molar refractivity (Wildman–Crippen MR) is 337 cm³/mol. The molecule has 3 aliphatic carbocycles. The van der Waals surface area contributed by atoms with Crippen molar-refractivity contribution in [3.63, 3.8) is 0 Å². The van der Waals surface area contributed by atoms with Gasteiger partial charge in [0, 0.05) is 44.0 Å². The molecule has 392 valence electrons. The van der Waals surface area contributed by atoms with E-state index in [1.165, 1.54) is 129 Å².